The van der Waals surface area contributed by atoms with E-state index in [1.165, 1.54) is 113 Å². The third-order valence-electron chi connectivity index (χ3n) is 21.0. The van der Waals surface area contributed by atoms with Crippen molar-refractivity contribution in [2.75, 3.05) is 67.0 Å². The smallest absolute Gasteiger partial charge is 0.233 e. The Bertz CT molecular complexity index is 4820. The molecule has 0 spiro atoms. The van der Waals surface area contributed by atoms with Crippen LogP contribution in [0.5, 0.6) is 0 Å². The van der Waals surface area contributed by atoms with Gasteiger partial charge in [0.1, 0.15) is 60.9 Å². The Hall–Kier alpha value is -11.2. The molecule has 600 valence electrons. The number of aliphatic hydroxyl groups excluding tert-OH is 2. The highest BCUT2D eigenvalue weighted by Crippen LogP contribution is 2.46. The number of aromatic nitrogens is 20. The number of nitrogens with one attached hydrogen (secondary N) is 8. The second-order valence-electron chi connectivity index (χ2n) is 29.6. The monoisotopic (exact) mass is 1660 g/mol. The number of benzene rings is 4. The van der Waals surface area contributed by atoms with Crippen LogP contribution in [-0.4, -0.2) is 162 Å². The Morgan fingerprint density at radius 2 is 0.629 bits per heavy atom. The van der Waals surface area contributed by atoms with Gasteiger partial charge in [0.15, 0.2) is 23.3 Å². The second kappa shape index (κ2) is 33.6. The highest BCUT2D eigenvalue weighted by Gasteiger charge is 2.41. The van der Waals surface area contributed by atoms with Gasteiger partial charge in [-0.15, -0.1) is 0 Å². The predicted molar refractivity (Wildman–Crippen MR) is 421 cm³/mol. The molecule has 8 unspecified atom stereocenters. The van der Waals surface area contributed by atoms with Crippen molar-refractivity contribution >= 4 is 117 Å². The van der Waals surface area contributed by atoms with Crippen molar-refractivity contribution in [1.82, 2.24) is 101 Å². The molecule has 4 saturated heterocycles. The third-order valence-corrected chi connectivity index (χ3v) is 22.2. The first-order chi connectivity index (χ1) is 56.3. The molecule has 8 atom stereocenters. The molecule has 12 aromatic rings. The lowest BCUT2D eigenvalue weighted by Crippen LogP contribution is -2.27. The standard InChI is InChI=1S/2C19H18ClF2N7.2C19H19ClFN7O/c20-14-5-11(21)3-4-13(14)16-6-12(22)8-29(16)19-24-9-23-18(26-19)25-17-7-15(27-28-17)10-1-2-10;20-11-3-4-13(14(22)5-11)16-6-12(21)8-29(16)19-24-9-23-18(26-19)25-17-7-15(27-28-17)10-1-2-10;20-14-5-11(21)3-4-13(14)16-6-12(29)8-28(16)19-23-9-22-18(25-19)24-17-7-15(26-27-17)10-1-2-10;20-11-3-4-13(14(21)5-11)16-6-12(29)8-28(16)19-23-9-22-18(25-19)24-17-7-15(26-27-17)10-1-2-10/h2*3-5,7,9-10,12,16H,1-2,6,8H2,(H2,23,24,25,26,27,28);2*3-5,7,9-10,12,16,29H,1-2,6,8H2,(H2,22,23,24,25,26,27). The zero-order valence-corrected chi connectivity index (χ0v) is 64.4. The molecular weight excluding hydrogens is 1590 g/mol. The predicted octanol–water partition coefficient (Wildman–Crippen LogP) is 15.2. The van der Waals surface area contributed by atoms with Crippen molar-refractivity contribution in [3.8, 4) is 0 Å². The second-order valence-corrected chi connectivity index (χ2v) is 31.3. The number of aliphatic hydroxyl groups is 2. The molecule has 40 heteroatoms. The number of hydrogen-bond donors (Lipinski definition) is 10. The number of rotatable bonds is 20. The first kappa shape index (κ1) is 77.4. The number of hydrogen-bond acceptors (Lipinski definition) is 26. The largest absolute Gasteiger partial charge is 0.391 e. The quantitative estimate of drug-likeness (QED) is 0.0317. The Kier molecular flexibility index (Phi) is 22.4. The van der Waals surface area contributed by atoms with E-state index in [2.05, 4.69) is 122 Å². The zero-order valence-electron chi connectivity index (χ0n) is 61.4. The lowest BCUT2D eigenvalue weighted by Gasteiger charge is -2.25. The van der Waals surface area contributed by atoms with Gasteiger partial charge in [-0.25, -0.2) is 66.2 Å². The van der Waals surface area contributed by atoms with Crippen LogP contribution in [0.4, 0.5) is 97.2 Å². The number of alkyl halides is 2. The topological polar surface area (TPSA) is 371 Å². The van der Waals surface area contributed by atoms with E-state index < -0.39 is 59.9 Å². The molecule has 4 aromatic carbocycles. The van der Waals surface area contributed by atoms with E-state index in [0.717, 1.165) is 28.3 Å². The first-order valence-corrected chi connectivity index (χ1v) is 39.3. The van der Waals surface area contributed by atoms with Crippen LogP contribution in [-0.2, 0) is 0 Å². The van der Waals surface area contributed by atoms with Gasteiger partial charge in [0.25, 0.3) is 0 Å². The normalized spacial score (nSPS) is 21.6. The first-order valence-electron chi connectivity index (χ1n) is 37.8. The molecule has 4 aliphatic carbocycles. The van der Waals surface area contributed by atoms with E-state index in [1.807, 2.05) is 29.2 Å². The summed E-state index contributed by atoms with van der Waals surface area (Å²) in [7, 11) is 0. The lowest BCUT2D eigenvalue weighted by molar-refractivity contribution is 0.193. The van der Waals surface area contributed by atoms with Gasteiger partial charge in [-0.2, -0.15) is 40.3 Å². The number of anilines is 12. The number of β-amino-alcohol motifs (C(OH)–C–C–N with tert-alkyl or cyclic N) is 2. The van der Waals surface area contributed by atoms with Crippen molar-refractivity contribution in [2.24, 2.45) is 0 Å². The molecule has 30 nitrogen and oxygen atoms in total. The van der Waals surface area contributed by atoms with E-state index in [1.54, 1.807) is 51.1 Å². The molecule has 4 saturated carbocycles. The van der Waals surface area contributed by atoms with E-state index in [4.69, 9.17) is 46.4 Å². The minimum atomic E-state index is -1.12. The summed E-state index contributed by atoms with van der Waals surface area (Å²) < 4.78 is 84.3. The summed E-state index contributed by atoms with van der Waals surface area (Å²) in [6, 6.07) is 23.6. The Morgan fingerprint density at radius 3 is 0.931 bits per heavy atom. The number of H-pyrrole nitrogens is 4. The van der Waals surface area contributed by atoms with Crippen LogP contribution >= 0.6 is 46.4 Å². The Morgan fingerprint density at radius 1 is 0.345 bits per heavy atom. The fourth-order valence-corrected chi connectivity index (χ4v) is 15.7. The van der Waals surface area contributed by atoms with Crippen LogP contribution in [0.15, 0.2) is 122 Å². The molecule has 8 aliphatic rings. The van der Waals surface area contributed by atoms with Gasteiger partial charge in [-0.3, -0.25) is 20.4 Å². The van der Waals surface area contributed by atoms with Crippen LogP contribution in [0.25, 0.3) is 0 Å². The Labute approximate surface area is 678 Å². The van der Waals surface area contributed by atoms with Gasteiger partial charge in [0, 0.05) is 128 Å². The van der Waals surface area contributed by atoms with Crippen molar-refractivity contribution in [2.45, 2.75) is 149 Å². The summed E-state index contributed by atoms with van der Waals surface area (Å²) in [5, 5.41) is 62.9. The highest BCUT2D eigenvalue weighted by atomic mass is 35.5. The molecular formula is C76H74Cl4F6N28O2. The molecule has 116 heavy (non-hydrogen) atoms. The number of halogens is 10. The van der Waals surface area contributed by atoms with Crippen molar-refractivity contribution in [3.05, 3.63) is 211 Å². The van der Waals surface area contributed by atoms with Crippen LogP contribution in [0.3, 0.4) is 0 Å². The molecule has 0 radical (unpaired) electrons. The molecule has 4 aliphatic heterocycles. The summed E-state index contributed by atoms with van der Waals surface area (Å²) >= 11 is 24.2. The van der Waals surface area contributed by atoms with Gasteiger partial charge >= 0.3 is 0 Å². The summed E-state index contributed by atoms with van der Waals surface area (Å²) in [5.74, 6) is 5.67. The van der Waals surface area contributed by atoms with Crippen molar-refractivity contribution in [3.63, 3.8) is 0 Å². The summed E-state index contributed by atoms with van der Waals surface area (Å²) in [5.41, 5.74) is 6.56. The van der Waals surface area contributed by atoms with E-state index >= 15 is 0 Å². The maximum atomic E-state index is 14.5. The maximum absolute atomic E-state index is 14.5. The number of nitrogens with zero attached hydrogens (tertiary/aromatic N) is 20. The minimum absolute atomic E-state index is 0.0738. The van der Waals surface area contributed by atoms with Crippen molar-refractivity contribution in [1.29, 1.82) is 0 Å². The average molecular weight is 1670 g/mol. The summed E-state index contributed by atoms with van der Waals surface area (Å²) in [4.78, 5) is 58.3. The van der Waals surface area contributed by atoms with Gasteiger partial charge in [0.05, 0.1) is 49.5 Å². The fourth-order valence-electron chi connectivity index (χ4n) is 14.8. The van der Waals surface area contributed by atoms with Crippen LogP contribution in [0, 0.1) is 23.3 Å². The SMILES string of the molecule is Fc1cc(Cl)ccc1C1CC(F)CN1c1ncnc(Nc2cc(C3CC3)[nH]n2)n1.Fc1ccc(C2CC(F)CN2c2ncnc(Nc3cc(C4CC4)[nH]n3)n2)c(Cl)c1.OC1CC(c2ccc(Cl)cc2F)N(c2ncnc(Nc3cc(C4CC4)[nH]n3)n2)C1.OC1CC(c2ccc(F)cc2Cl)N(c2ncnc(Nc3cc(C4CC4)[nH]n3)n2)C1. The van der Waals surface area contributed by atoms with Crippen molar-refractivity contribution < 1.29 is 36.6 Å². The van der Waals surface area contributed by atoms with Gasteiger partial charge in [-0.05, 0) is 124 Å². The maximum Gasteiger partial charge on any atom is 0.233 e. The van der Waals surface area contributed by atoms with Crippen LogP contribution in [0.2, 0.25) is 20.1 Å². The average Bonchev–Trinajstić information content (AvgIpc) is 1.60. The van der Waals surface area contributed by atoms with E-state index in [9.17, 15) is 36.6 Å². The molecule has 0 amide bonds. The minimum Gasteiger partial charge on any atom is -0.391 e. The highest BCUT2D eigenvalue weighted by molar-refractivity contribution is 6.32. The number of aromatic amines is 4. The zero-order chi connectivity index (χ0) is 79.8. The molecule has 10 N–H and O–H groups in total. The lowest BCUT2D eigenvalue weighted by atomic mass is 10.0. The Balaban J connectivity index is 0.000000111. The summed E-state index contributed by atoms with van der Waals surface area (Å²) in [6.45, 7) is 0.834. The van der Waals surface area contributed by atoms with Gasteiger partial charge < -0.3 is 51.1 Å². The molecule has 8 aromatic heterocycles. The molecule has 12 heterocycles. The van der Waals surface area contributed by atoms with Gasteiger partial charge in [-0.1, -0.05) is 70.7 Å². The molecule has 20 rings (SSSR count). The fraction of sp³-hybridized carbons (Fsp3) is 0.368. The van der Waals surface area contributed by atoms with Crippen LogP contribution < -0.4 is 40.9 Å². The third kappa shape index (κ3) is 18.4. The van der Waals surface area contributed by atoms with Crippen LogP contribution in [0.1, 0.15) is 170 Å². The van der Waals surface area contributed by atoms with Gasteiger partial charge in [0.2, 0.25) is 47.6 Å². The van der Waals surface area contributed by atoms with E-state index in [-0.39, 0.29) is 49.0 Å². The molecule has 8 fully saturated rings. The van der Waals surface area contributed by atoms with E-state index in [0.29, 0.717) is 146 Å². The summed E-state index contributed by atoms with van der Waals surface area (Å²) in [6.07, 6.45) is 12.7. The molecule has 0 bridgehead atoms.